The van der Waals surface area contributed by atoms with E-state index in [4.69, 9.17) is 0 Å². The summed E-state index contributed by atoms with van der Waals surface area (Å²) < 4.78 is 1.27. The van der Waals surface area contributed by atoms with Gasteiger partial charge in [0.2, 0.25) is 5.91 Å². The van der Waals surface area contributed by atoms with E-state index in [0.29, 0.717) is 6.54 Å². The van der Waals surface area contributed by atoms with Crippen molar-refractivity contribution < 1.29 is 4.79 Å². The highest BCUT2D eigenvalue weighted by Crippen LogP contribution is 2.23. The standard InChI is InChI=1S/C13H16N2OS/c1-3-15(2)13(16)9-14-11-4-5-12-10(8-11)6-7-17-12/h4-8,14H,3,9H2,1-2H3. The molecule has 0 aliphatic carbocycles. The topological polar surface area (TPSA) is 32.3 Å². The maximum atomic E-state index is 11.6. The van der Waals surface area contributed by atoms with E-state index in [9.17, 15) is 4.79 Å². The van der Waals surface area contributed by atoms with Crippen molar-refractivity contribution in [3.05, 3.63) is 29.6 Å². The Balaban J connectivity index is 2.01. The molecule has 0 aliphatic rings. The molecule has 0 radical (unpaired) electrons. The van der Waals surface area contributed by atoms with E-state index in [1.54, 1.807) is 16.2 Å². The number of anilines is 1. The number of hydrogen-bond acceptors (Lipinski definition) is 3. The van der Waals surface area contributed by atoms with E-state index in [2.05, 4.69) is 28.9 Å². The Morgan fingerprint density at radius 1 is 1.41 bits per heavy atom. The lowest BCUT2D eigenvalue weighted by Crippen LogP contribution is -2.31. The highest BCUT2D eigenvalue weighted by molar-refractivity contribution is 7.17. The number of likely N-dealkylation sites (N-methyl/N-ethyl adjacent to an activating group) is 1. The Hall–Kier alpha value is -1.55. The molecule has 1 N–H and O–H groups in total. The highest BCUT2D eigenvalue weighted by atomic mass is 32.1. The summed E-state index contributed by atoms with van der Waals surface area (Å²) in [5.41, 5.74) is 0.994. The van der Waals surface area contributed by atoms with Gasteiger partial charge in [-0.25, -0.2) is 0 Å². The fourth-order valence-corrected chi connectivity index (χ4v) is 2.34. The van der Waals surface area contributed by atoms with Crippen molar-refractivity contribution in [3.63, 3.8) is 0 Å². The van der Waals surface area contributed by atoms with Crippen LogP contribution in [0.1, 0.15) is 6.92 Å². The molecule has 4 heteroatoms. The van der Waals surface area contributed by atoms with Crippen LogP contribution in [0, 0.1) is 0 Å². The molecule has 0 aliphatic heterocycles. The fourth-order valence-electron chi connectivity index (χ4n) is 1.57. The molecule has 0 fully saturated rings. The van der Waals surface area contributed by atoms with Gasteiger partial charge in [-0.1, -0.05) is 0 Å². The van der Waals surface area contributed by atoms with Gasteiger partial charge in [0.25, 0.3) is 0 Å². The Labute approximate surface area is 105 Å². The van der Waals surface area contributed by atoms with E-state index in [1.807, 2.05) is 20.0 Å². The second kappa shape index (κ2) is 5.19. The number of nitrogens with one attached hydrogen (secondary N) is 1. The molecule has 0 saturated heterocycles. The van der Waals surface area contributed by atoms with Crippen LogP contribution in [-0.4, -0.2) is 30.9 Å². The van der Waals surface area contributed by atoms with E-state index in [1.165, 1.54) is 10.1 Å². The van der Waals surface area contributed by atoms with Gasteiger partial charge in [0, 0.05) is 24.0 Å². The van der Waals surface area contributed by atoms with Crippen molar-refractivity contribution in [2.75, 3.05) is 25.5 Å². The van der Waals surface area contributed by atoms with Crippen molar-refractivity contribution in [3.8, 4) is 0 Å². The predicted octanol–water partition coefficient (Wildman–Crippen LogP) is 2.79. The maximum absolute atomic E-state index is 11.6. The lowest BCUT2D eigenvalue weighted by Gasteiger charge is -2.15. The first-order valence-electron chi connectivity index (χ1n) is 5.66. The molecular weight excluding hydrogens is 232 g/mol. The molecule has 1 aromatic heterocycles. The van der Waals surface area contributed by atoms with Gasteiger partial charge in [0.05, 0.1) is 6.54 Å². The molecular formula is C13H16N2OS. The summed E-state index contributed by atoms with van der Waals surface area (Å²) in [5.74, 6) is 0.109. The summed E-state index contributed by atoms with van der Waals surface area (Å²) in [7, 11) is 1.81. The SMILES string of the molecule is CCN(C)C(=O)CNc1ccc2sccc2c1. The molecule has 90 valence electrons. The normalized spacial score (nSPS) is 10.5. The van der Waals surface area contributed by atoms with Crippen molar-refractivity contribution in [2.24, 2.45) is 0 Å². The lowest BCUT2D eigenvalue weighted by molar-refractivity contribution is -0.127. The zero-order valence-corrected chi connectivity index (χ0v) is 10.9. The lowest BCUT2D eigenvalue weighted by atomic mass is 10.2. The Morgan fingerprint density at radius 3 is 3.00 bits per heavy atom. The second-order valence-electron chi connectivity index (χ2n) is 3.93. The largest absolute Gasteiger partial charge is 0.376 e. The summed E-state index contributed by atoms with van der Waals surface area (Å²) in [4.78, 5) is 13.3. The number of fused-ring (bicyclic) bond motifs is 1. The number of thiophene rings is 1. The molecule has 2 rings (SSSR count). The Morgan fingerprint density at radius 2 is 2.24 bits per heavy atom. The van der Waals surface area contributed by atoms with Gasteiger partial charge in [-0.2, -0.15) is 0 Å². The van der Waals surface area contributed by atoms with Crippen LogP contribution < -0.4 is 5.32 Å². The van der Waals surface area contributed by atoms with Crippen LogP contribution in [0.5, 0.6) is 0 Å². The summed E-state index contributed by atoms with van der Waals surface area (Å²) >= 11 is 1.73. The average molecular weight is 248 g/mol. The smallest absolute Gasteiger partial charge is 0.241 e. The first-order chi connectivity index (χ1) is 8.20. The Bertz CT molecular complexity index is 521. The zero-order valence-electron chi connectivity index (χ0n) is 10.1. The fraction of sp³-hybridized carbons (Fsp3) is 0.308. The van der Waals surface area contributed by atoms with Crippen LogP contribution in [0.15, 0.2) is 29.6 Å². The van der Waals surface area contributed by atoms with Gasteiger partial charge in [-0.3, -0.25) is 4.79 Å². The van der Waals surface area contributed by atoms with Crippen LogP contribution in [0.4, 0.5) is 5.69 Å². The minimum atomic E-state index is 0.109. The van der Waals surface area contributed by atoms with Crippen LogP contribution in [0.3, 0.4) is 0 Å². The van der Waals surface area contributed by atoms with Crippen LogP contribution >= 0.6 is 11.3 Å². The van der Waals surface area contributed by atoms with Gasteiger partial charge in [0.15, 0.2) is 0 Å². The number of amides is 1. The zero-order chi connectivity index (χ0) is 12.3. The number of nitrogens with zero attached hydrogens (tertiary/aromatic N) is 1. The van der Waals surface area contributed by atoms with E-state index in [0.717, 1.165) is 12.2 Å². The van der Waals surface area contributed by atoms with Crippen LogP contribution in [0.2, 0.25) is 0 Å². The first-order valence-corrected chi connectivity index (χ1v) is 6.53. The van der Waals surface area contributed by atoms with Crippen molar-refractivity contribution in [1.29, 1.82) is 0 Å². The molecule has 2 aromatic rings. The van der Waals surface area contributed by atoms with E-state index in [-0.39, 0.29) is 5.91 Å². The third-order valence-corrected chi connectivity index (χ3v) is 3.69. The molecule has 17 heavy (non-hydrogen) atoms. The predicted molar refractivity (Wildman–Crippen MR) is 73.6 cm³/mol. The summed E-state index contributed by atoms with van der Waals surface area (Å²) in [6.07, 6.45) is 0. The molecule has 1 amide bonds. The molecule has 0 bridgehead atoms. The monoisotopic (exact) mass is 248 g/mol. The van der Waals surface area contributed by atoms with Gasteiger partial charge < -0.3 is 10.2 Å². The van der Waals surface area contributed by atoms with Crippen LogP contribution in [0.25, 0.3) is 10.1 Å². The van der Waals surface area contributed by atoms with Crippen molar-refractivity contribution in [1.82, 2.24) is 4.90 Å². The van der Waals surface area contributed by atoms with Crippen LogP contribution in [-0.2, 0) is 4.79 Å². The highest BCUT2D eigenvalue weighted by Gasteiger charge is 2.05. The molecule has 0 unspecified atom stereocenters. The molecule has 0 spiro atoms. The molecule has 1 heterocycles. The minimum absolute atomic E-state index is 0.109. The van der Waals surface area contributed by atoms with E-state index >= 15 is 0 Å². The molecule has 0 saturated carbocycles. The van der Waals surface area contributed by atoms with Gasteiger partial charge in [0.1, 0.15) is 0 Å². The number of rotatable bonds is 4. The van der Waals surface area contributed by atoms with Gasteiger partial charge in [-0.05, 0) is 42.0 Å². The number of carbonyl (C=O) groups excluding carboxylic acids is 1. The summed E-state index contributed by atoms with van der Waals surface area (Å²) in [5, 5.41) is 6.45. The van der Waals surface area contributed by atoms with E-state index < -0.39 is 0 Å². The third-order valence-electron chi connectivity index (χ3n) is 2.80. The van der Waals surface area contributed by atoms with Crippen molar-refractivity contribution >= 4 is 33.0 Å². The average Bonchev–Trinajstić information content (AvgIpc) is 2.82. The summed E-state index contributed by atoms with van der Waals surface area (Å²) in [6.45, 7) is 3.05. The number of carbonyl (C=O) groups is 1. The third kappa shape index (κ3) is 2.77. The van der Waals surface area contributed by atoms with Gasteiger partial charge in [-0.15, -0.1) is 11.3 Å². The molecule has 3 nitrogen and oxygen atoms in total. The first kappa shape index (κ1) is 11.9. The quantitative estimate of drug-likeness (QED) is 0.902. The number of hydrogen-bond donors (Lipinski definition) is 1. The van der Waals surface area contributed by atoms with Crippen molar-refractivity contribution in [2.45, 2.75) is 6.92 Å². The number of benzene rings is 1. The molecule has 0 atom stereocenters. The summed E-state index contributed by atoms with van der Waals surface area (Å²) in [6, 6.07) is 8.25. The van der Waals surface area contributed by atoms with Gasteiger partial charge >= 0.3 is 0 Å². The Kier molecular flexibility index (Phi) is 3.64. The minimum Gasteiger partial charge on any atom is -0.376 e. The molecule has 1 aromatic carbocycles. The second-order valence-corrected chi connectivity index (χ2v) is 4.88. The maximum Gasteiger partial charge on any atom is 0.241 e.